The van der Waals surface area contributed by atoms with Gasteiger partial charge in [0.15, 0.2) is 6.10 Å². The minimum Gasteiger partial charge on any atom is -0.494 e. The molecule has 0 amide bonds. The molecule has 0 aliphatic carbocycles. The lowest BCUT2D eigenvalue weighted by Crippen LogP contribution is -2.26. The highest BCUT2D eigenvalue weighted by Crippen LogP contribution is 2.37. The smallest absolute Gasteiger partial charge is 0.417 e. The molecule has 3 rings (SSSR count). The molecule has 1 N–H and O–H groups in total. The number of hydrogen-bond acceptors (Lipinski definition) is 5. The third-order valence-corrected chi connectivity index (χ3v) is 6.14. The van der Waals surface area contributed by atoms with Crippen molar-refractivity contribution in [3.8, 4) is 17.0 Å². The number of carboxylic acids is 1. The van der Waals surface area contributed by atoms with Crippen LogP contribution in [0.25, 0.3) is 11.3 Å². The van der Waals surface area contributed by atoms with Crippen molar-refractivity contribution >= 4 is 17.3 Å². The second kappa shape index (κ2) is 11.5. The Morgan fingerprint density at radius 3 is 2.65 bits per heavy atom. The average Bonchev–Trinajstić information content (AvgIpc) is 3.26. The molecule has 1 unspecified atom stereocenters. The van der Waals surface area contributed by atoms with E-state index in [1.165, 1.54) is 23.5 Å². The number of aromatic nitrogens is 1. The van der Waals surface area contributed by atoms with Crippen molar-refractivity contribution in [3.63, 3.8) is 0 Å². The molecule has 0 saturated heterocycles. The van der Waals surface area contributed by atoms with Crippen LogP contribution in [0, 0.1) is 6.92 Å². The first-order valence-corrected chi connectivity index (χ1v) is 11.7. The summed E-state index contributed by atoms with van der Waals surface area (Å²) in [5, 5.41) is 11.7. The minimum atomic E-state index is -4.43. The Morgan fingerprint density at radius 1 is 1.21 bits per heavy atom. The van der Waals surface area contributed by atoms with Crippen molar-refractivity contribution < 1.29 is 32.5 Å². The number of thiazole rings is 1. The van der Waals surface area contributed by atoms with Gasteiger partial charge < -0.3 is 14.6 Å². The summed E-state index contributed by atoms with van der Waals surface area (Å²) in [5.41, 5.74) is 1.51. The molecule has 182 valence electrons. The van der Waals surface area contributed by atoms with Crippen LogP contribution in [0.4, 0.5) is 13.2 Å². The molecule has 0 bridgehead atoms. The Hall–Kier alpha value is -2.91. The molecule has 1 atom stereocenters. The second-order valence-corrected chi connectivity index (χ2v) is 8.64. The number of alkyl halides is 3. The fraction of sp³-hybridized carbons (Fsp3) is 0.360. The monoisotopic (exact) mass is 493 g/mol. The molecule has 5 nitrogen and oxygen atoms in total. The molecule has 0 aliphatic rings. The topological polar surface area (TPSA) is 68.7 Å². The molecular formula is C25H26F3NO4S. The van der Waals surface area contributed by atoms with Crippen LogP contribution in [0.15, 0.2) is 47.8 Å². The van der Waals surface area contributed by atoms with Crippen LogP contribution in [0.3, 0.4) is 0 Å². The fourth-order valence-electron chi connectivity index (χ4n) is 3.52. The van der Waals surface area contributed by atoms with E-state index in [0.717, 1.165) is 22.2 Å². The maximum Gasteiger partial charge on any atom is 0.417 e. The Balaban J connectivity index is 1.54. The number of aryl methyl sites for hydroxylation is 2. The van der Waals surface area contributed by atoms with Gasteiger partial charge in [-0.3, -0.25) is 0 Å². The van der Waals surface area contributed by atoms with Gasteiger partial charge in [0.25, 0.3) is 0 Å². The highest BCUT2D eigenvalue weighted by Gasteiger charge is 2.33. The number of hydrogen-bond donors (Lipinski definition) is 1. The Bertz CT molecular complexity index is 1110. The molecule has 2 aromatic carbocycles. The van der Waals surface area contributed by atoms with Gasteiger partial charge in [-0.25, -0.2) is 9.78 Å². The fourth-order valence-corrected chi connectivity index (χ4v) is 4.36. The van der Waals surface area contributed by atoms with Gasteiger partial charge in [-0.2, -0.15) is 13.2 Å². The summed E-state index contributed by atoms with van der Waals surface area (Å²) in [7, 11) is 0. The van der Waals surface area contributed by atoms with E-state index in [1.807, 2.05) is 19.1 Å². The molecular weight excluding hydrogens is 467 g/mol. The van der Waals surface area contributed by atoms with Crippen LogP contribution < -0.4 is 4.74 Å². The van der Waals surface area contributed by atoms with Gasteiger partial charge >= 0.3 is 12.1 Å². The van der Waals surface area contributed by atoms with Gasteiger partial charge in [0.1, 0.15) is 5.75 Å². The summed E-state index contributed by atoms with van der Waals surface area (Å²) >= 11 is 1.33. The maximum absolute atomic E-state index is 13.3. The summed E-state index contributed by atoms with van der Waals surface area (Å²) in [6.45, 7) is 4.40. The van der Waals surface area contributed by atoms with Crippen LogP contribution in [0.1, 0.15) is 35.0 Å². The van der Waals surface area contributed by atoms with E-state index >= 15 is 0 Å². The highest BCUT2D eigenvalue weighted by atomic mass is 32.1. The molecule has 0 spiro atoms. The lowest BCUT2D eigenvalue weighted by atomic mass is 10.0. The Kier molecular flexibility index (Phi) is 8.68. The van der Waals surface area contributed by atoms with E-state index in [4.69, 9.17) is 9.47 Å². The number of rotatable bonds is 11. The molecule has 0 saturated carbocycles. The third-order valence-electron chi connectivity index (χ3n) is 5.23. The highest BCUT2D eigenvalue weighted by molar-refractivity contribution is 7.09. The normalized spacial score (nSPS) is 12.5. The van der Waals surface area contributed by atoms with Gasteiger partial charge in [0, 0.05) is 30.4 Å². The van der Waals surface area contributed by atoms with Crippen molar-refractivity contribution in [2.24, 2.45) is 0 Å². The molecule has 3 aromatic rings. The third kappa shape index (κ3) is 6.80. The van der Waals surface area contributed by atoms with E-state index in [0.29, 0.717) is 37.5 Å². The first-order valence-electron chi connectivity index (χ1n) is 10.9. The largest absolute Gasteiger partial charge is 0.494 e. The zero-order chi connectivity index (χ0) is 24.7. The molecule has 0 aliphatic heterocycles. The average molecular weight is 494 g/mol. The van der Waals surface area contributed by atoms with Gasteiger partial charge in [-0.1, -0.05) is 24.3 Å². The standard InChI is InChI=1S/C25H26F3NO4S/c1-3-32-22(24(30)31)14-17-10-11-18(13-16(17)2)33-12-6-9-23-29-21(15-34-23)19-7-4-5-8-20(19)25(26,27)28/h4-5,7-8,10-11,13,15,22H,3,6,9,12,14H2,1-2H3,(H,30,31). The van der Waals surface area contributed by atoms with Crippen molar-refractivity contribution in [2.75, 3.05) is 13.2 Å². The first kappa shape index (κ1) is 25.7. The first-order chi connectivity index (χ1) is 16.2. The lowest BCUT2D eigenvalue weighted by Gasteiger charge is -2.15. The van der Waals surface area contributed by atoms with Crippen LogP contribution in [0.2, 0.25) is 0 Å². The summed E-state index contributed by atoms with van der Waals surface area (Å²) in [4.78, 5) is 15.7. The van der Waals surface area contributed by atoms with Crippen LogP contribution >= 0.6 is 11.3 Å². The summed E-state index contributed by atoms with van der Waals surface area (Å²) in [5.74, 6) is -0.322. The molecule has 0 fully saturated rings. The molecule has 1 aromatic heterocycles. The second-order valence-electron chi connectivity index (χ2n) is 7.70. The van der Waals surface area contributed by atoms with E-state index < -0.39 is 23.8 Å². The molecule has 0 radical (unpaired) electrons. The Morgan fingerprint density at radius 2 is 1.97 bits per heavy atom. The van der Waals surface area contributed by atoms with Crippen LogP contribution in [0.5, 0.6) is 5.75 Å². The van der Waals surface area contributed by atoms with E-state index in [9.17, 15) is 23.1 Å². The quantitative estimate of drug-likeness (QED) is 0.323. The van der Waals surface area contributed by atoms with Crippen molar-refractivity contribution in [1.82, 2.24) is 4.98 Å². The summed E-state index contributed by atoms with van der Waals surface area (Å²) < 4.78 is 50.9. The summed E-state index contributed by atoms with van der Waals surface area (Å²) in [6.07, 6.45) is -3.80. The molecule has 9 heteroatoms. The zero-order valence-electron chi connectivity index (χ0n) is 18.9. The van der Waals surface area contributed by atoms with Crippen molar-refractivity contribution in [1.29, 1.82) is 0 Å². The number of nitrogens with zero attached hydrogens (tertiary/aromatic N) is 1. The van der Waals surface area contributed by atoms with Crippen molar-refractivity contribution in [3.05, 3.63) is 69.5 Å². The SMILES string of the molecule is CCOC(Cc1ccc(OCCCc2nc(-c3ccccc3C(F)(F)F)cs2)cc1C)C(=O)O. The van der Waals surface area contributed by atoms with Gasteiger partial charge in [0.2, 0.25) is 0 Å². The number of carbonyl (C=O) groups is 1. The lowest BCUT2D eigenvalue weighted by molar-refractivity contribution is -0.150. The number of aliphatic carboxylic acids is 1. The van der Waals surface area contributed by atoms with Gasteiger partial charge in [-0.15, -0.1) is 11.3 Å². The predicted octanol–water partition coefficient (Wildman–Crippen LogP) is 6.18. The van der Waals surface area contributed by atoms with Crippen LogP contribution in [-0.2, 0) is 28.5 Å². The van der Waals surface area contributed by atoms with Crippen molar-refractivity contribution in [2.45, 2.75) is 45.4 Å². The molecule has 34 heavy (non-hydrogen) atoms. The van der Waals surface area contributed by atoms with E-state index in [1.54, 1.807) is 24.4 Å². The van der Waals surface area contributed by atoms with E-state index in [2.05, 4.69) is 4.98 Å². The molecule has 1 heterocycles. The van der Waals surface area contributed by atoms with E-state index in [-0.39, 0.29) is 12.0 Å². The maximum atomic E-state index is 13.3. The minimum absolute atomic E-state index is 0.0822. The predicted molar refractivity (Wildman–Crippen MR) is 124 cm³/mol. The van der Waals surface area contributed by atoms with Gasteiger partial charge in [-0.05, 0) is 49.6 Å². The Labute approximate surface area is 200 Å². The zero-order valence-corrected chi connectivity index (χ0v) is 19.7. The number of carboxylic acid groups (broad SMARTS) is 1. The number of benzene rings is 2. The van der Waals surface area contributed by atoms with Crippen LogP contribution in [-0.4, -0.2) is 35.4 Å². The van der Waals surface area contributed by atoms with Gasteiger partial charge in [0.05, 0.1) is 22.9 Å². The number of ether oxygens (including phenoxy) is 2. The number of halogens is 3. The summed E-state index contributed by atoms with van der Waals surface area (Å²) in [6, 6.07) is 10.9.